The molecule has 0 saturated carbocycles. The van der Waals surface area contributed by atoms with Crippen LogP contribution in [0.3, 0.4) is 0 Å². The number of rotatable bonds is 1. The predicted molar refractivity (Wildman–Crippen MR) is 49.4 cm³/mol. The van der Waals surface area contributed by atoms with Crippen molar-refractivity contribution in [2.45, 2.75) is 44.4 Å². The van der Waals surface area contributed by atoms with Crippen LogP contribution in [0.2, 0.25) is 0 Å². The lowest BCUT2D eigenvalue weighted by atomic mass is 9.85. The van der Waals surface area contributed by atoms with Gasteiger partial charge in [-0.15, -0.1) is 0 Å². The van der Waals surface area contributed by atoms with Crippen LogP contribution in [0.5, 0.6) is 0 Å². The summed E-state index contributed by atoms with van der Waals surface area (Å²) in [7, 11) is 2.07. The van der Waals surface area contributed by atoms with Crippen LogP contribution in [-0.4, -0.2) is 41.0 Å². The molecule has 2 heterocycles. The Labute approximate surface area is 78.7 Å². The maximum absolute atomic E-state index is 11.4. The molecular formula is C10H17NO2. The molecule has 4 atom stereocenters. The van der Waals surface area contributed by atoms with E-state index in [1.54, 1.807) is 6.92 Å². The summed E-state index contributed by atoms with van der Waals surface area (Å²) in [5.41, 5.74) is 0. The number of carbonyl (C=O) groups is 1. The van der Waals surface area contributed by atoms with Crippen LogP contribution in [0.15, 0.2) is 0 Å². The molecule has 74 valence electrons. The molecule has 2 fully saturated rings. The van der Waals surface area contributed by atoms with Crippen LogP contribution in [0.4, 0.5) is 0 Å². The molecule has 2 unspecified atom stereocenters. The SMILES string of the molecule is CC(=O)[C@@H]1C2CCC(C[C@@H]1O)N2C. The monoisotopic (exact) mass is 183 g/mol. The first-order valence-electron chi connectivity index (χ1n) is 5.01. The van der Waals surface area contributed by atoms with Crippen molar-refractivity contribution in [3.63, 3.8) is 0 Å². The van der Waals surface area contributed by atoms with Crippen molar-refractivity contribution >= 4 is 5.78 Å². The predicted octanol–water partition coefficient (Wildman–Crippen LogP) is 0.419. The van der Waals surface area contributed by atoms with Gasteiger partial charge in [-0.25, -0.2) is 0 Å². The number of hydrogen-bond acceptors (Lipinski definition) is 3. The van der Waals surface area contributed by atoms with Gasteiger partial charge in [0.2, 0.25) is 0 Å². The van der Waals surface area contributed by atoms with Crippen LogP contribution in [0, 0.1) is 5.92 Å². The third-order valence-corrected chi connectivity index (χ3v) is 3.71. The highest BCUT2D eigenvalue weighted by atomic mass is 16.3. The number of aliphatic hydroxyl groups is 1. The van der Waals surface area contributed by atoms with Gasteiger partial charge >= 0.3 is 0 Å². The minimum atomic E-state index is -0.397. The number of nitrogens with zero attached hydrogens (tertiary/aromatic N) is 1. The fraction of sp³-hybridized carbons (Fsp3) is 0.900. The third-order valence-electron chi connectivity index (χ3n) is 3.71. The van der Waals surface area contributed by atoms with Crippen molar-refractivity contribution < 1.29 is 9.90 Å². The molecule has 0 radical (unpaired) electrons. The van der Waals surface area contributed by atoms with Gasteiger partial charge in [0, 0.05) is 12.1 Å². The third kappa shape index (κ3) is 1.30. The number of ketones is 1. The Hall–Kier alpha value is -0.410. The van der Waals surface area contributed by atoms with Gasteiger partial charge in [-0.2, -0.15) is 0 Å². The summed E-state index contributed by atoms with van der Waals surface area (Å²) >= 11 is 0. The smallest absolute Gasteiger partial charge is 0.137 e. The first kappa shape index (κ1) is 9.16. The Morgan fingerprint density at radius 2 is 2.15 bits per heavy atom. The highest BCUT2D eigenvalue weighted by Crippen LogP contribution is 2.38. The second kappa shape index (κ2) is 3.07. The van der Waals surface area contributed by atoms with Crippen molar-refractivity contribution in [1.82, 2.24) is 4.90 Å². The van der Waals surface area contributed by atoms with Gasteiger partial charge in [0.1, 0.15) is 5.78 Å². The molecule has 3 nitrogen and oxygen atoms in total. The average Bonchev–Trinajstić information content (AvgIpc) is 2.34. The molecule has 2 rings (SSSR count). The fourth-order valence-corrected chi connectivity index (χ4v) is 2.98. The Bertz CT molecular complexity index is 229. The average molecular weight is 183 g/mol. The molecule has 2 aliphatic rings. The number of aliphatic hydroxyl groups excluding tert-OH is 1. The minimum absolute atomic E-state index is 0.135. The quantitative estimate of drug-likeness (QED) is 0.640. The molecule has 0 aromatic rings. The second-order valence-electron chi connectivity index (χ2n) is 4.40. The topological polar surface area (TPSA) is 40.5 Å². The molecule has 0 aromatic heterocycles. The number of fused-ring (bicyclic) bond motifs is 2. The van der Waals surface area contributed by atoms with Crippen LogP contribution in [0.25, 0.3) is 0 Å². The molecule has 2 aliphatic heterocycles. The summed E-state index contributed by atoms with van der Waals surface area (Å²) in [6, 6.07) is 0.807. The number of piperidine rings is 1. The van der Waals surface area contributed by atoms with Gasteiger partial charge in [0.15, 0.2) is 0 Å². The molecule has 3 heteroatoms. The van der Waals surface area contributed by atoms with Crippen LogP contribution in [0.1, 0.15) is 26.2 Å². The van der Waals surface area contributed by atoms with E-state index in [2.05, 4.69) is 11.9 Å². The summed E-state index contributed by atoms with van der Waals surface area (Å²) in [5, 5.41) is 9.79. The van der Waals surface area contributed by atoms with E-state index in [1.807, 2.05) is 0 Å². The summed E-state index contributed by atoms with van der Waals surface area (Å²) < 4.78 is 0. The standard InChI is InChI=1S/C10H17NO2/c1-6(12)10-8-4-3-7(11(8)2)5-9(10)13/h7-10,13H,3-5H2,1-2H3/t7?,8?,9-,10+/m0/s1. The summed E-state index contributed by atoms with van der Waals surface area (Å²) in [5.74, 6) is 0.00782. The van der Waals surface area contributed by atoms with Crippen molar-refractivity contribution in [1.29, 1.82) is 0 Å². The first-order valence-corrected chi connectivity index (χ1v) is 5.01. The van der Waals surface area contributed by atoms with Gasteiger partial charge in [-0.05, 0) is 33.2 Å². The largest absolute Gasteiger partial charge is 0.392 e. The molecule has 2 bridgehead atoms. The molecule has 0 aliphatic carbocycles. The van der Waals surface area contributed by atoms with E-state index in [4.69, 9.17) is 0 Å². The molecule has 2 saturated heterocycles. The van der Waals surface area contributed by atoms with Crippen molar-refractivity contribution in [2.75, 3.05) is 7.05 Å². The zero-order valence-corrected chi connectivity index (χ0v) is 8.23. The van der Waals surface area contributed by atoms with E-state index in [0.717, 1.165) is 19.3 Å². The Morgan fingerprint density at radius 3 is 2.77 bits per heavy atom. The van der Waals surface area contributed by atoms with Crippen molar-refractivity contribution in [3.05, 3.63) is 0 Å². The fourth-order valence-electron chi connectivity index (χ4n) is 2.98. The Kier molecular flexibility index (Phi) is 2.16. The maximum atomic E-state index is 11.4. The van der Waals surface area contributed by atoms with E-state index < -0.39 is 6.10 Å². The zero-order chi connectivity index (χ0) is 9.59. The molecule has 0 aromatic carbocycles. The van der Waals surface area contributed by atoms with E-state index in [-0.39, 0.29) is 11.7 Å². The van der Waals surface area contributed by atoms with Crippen LogP contribution in [-0.2, 0) is 4.79 Å². The van der Waals surface area contributed by atoms with Gasteiger partial charge < -0.3 is 5.11 Å². The van der Waals surface area contributed by atoms with Crippen LogP contribution < -0.4 is 0 Å². The Balaban J connectivity index is 2.21. The van der Waals surface area contributed by atoms with Crippen molar-refractivity contribution in [3.8, 4) is 0 Å². The van der Waals surface area contributed by atoms with E-state index in [1.165, 1.54) is 0 Å². The van der Waals surface area contributed by atoms with Gasteiger partial charge in [-0.3, -0.25) is 9.69 Å². The highest BCUT2D eigenvalue weighted by molar-refractivity contribution is 5.80. The lowest BCUT2D eigenvalue weighted by Gasteiger charge is -2.39. The van der Waals surface area contributed by atoms with E-state index >= 15 is 0 Å². The van der Waals surface area contributed by atoms with Crippen LogP contribution >= 0.6 is 0 Å². The summed E-state index contributed by atoms with van der Waals surface area (Å²) in [4.78, 5) is 13.6. The van der Waals surface area contributed by atoms with E-state index in [9.17, 15) is 9.90 Å². The lowest BCUT2D eigenvalue weighted by molar-refractivity contribution is -0.130. The number of carbonyl (C=O) groups excluding carboxylic acids is 1. The highest BCUT2D eigenvalue weighted by Gasteiger charge is 2.46. The zero-order valence-electron chi connectivity index (χ0n) is 8.23. The van der Waals surface area contributed by atoms with E-state index in [0.29, 0.717) is 12.1 Å². The summed E-state index contributed by atoms with van der Waals surface area (Å²) in [6.45, 7) is 1.60. The lowest BCUT2D eigenvalue weighted by Crippen LogP contribution is -2.51. The van der Waals surface area contributed by atoms with Crippen molar-refractivity contribution in [2.24, 2.45) is 5.92 Å². The molecular weight excluding hydrogens is 166 g/mol. The summed E-state index contributed by atoms with van der Waals surface area (Å²) in [6.07, 6.45) is 2.59. The first-order chi connectivity index (χ1) is 6.11. The molecule has 0 spiro atoms. The van der Waals surface area contributed by atoms with Gasteiger partial charge in [-0.1, -0.05) is 0 Å². The Morgan fingerprint density at radius 1 is 1.46 bits per heavy atom. The van der Waals surface area contributed by atoms with Gasteiger partial charge in [0.05, 0.1) is 12.0 Å². The second-order valence-corrected chi connectivity index (χ2v) is 4.40. The molecule has 0 amide bonds. The molecule has 13 heavy (non-hydrogen) atoms. The number of Topliss-reactive ketones (excluding diaryl/α,β-unsaturated/α-hetero) is 1. The normalized spacial score (nSPS) is 45.2. The minimum Gasteiger partial charge on any atom is -0.392 e. The van der Waals surface area contributed by atoms with Gasteiger partial charge in [0.25, 0.3) is 0 Å². The molecule has 1 N–H and O–H groups in total. The number of hydrogen-bond donors (Lipinski definition) is 1. The maximum Gasteiger partial charge on any atom is 0.137 e.